The molecule has 1 aromatic carbocycles. The Kier molecular flexibility index (Phi) is 14.7. The second kappa shape index (κ2) is 16.7. The Morgan fingerprint density at radius 1 is 0.643 bits per heavy atom. The van der Waals surface area contributed by atoms with Gasteiger partial charge in [-0.3, -0.25) is 0 Å². The molecule has 1 atom stereocenters. The number of benzene rings is 1. The number of halogens is 6. The maximum atomic E-state index is 15.2. The van der Waals surface area contributed by atoms with Crippen molar-refractivity contribution in [3.63, 3.8) is 0 Å². The molecule has 0 aromatic heterocycles. The molecule has 0 radical (unpaired) electrons. The van der Waals surface area contributed by atoms with Crippen LogP contribution in [0.3, 0.4) is 0 Å². The number of hydrogen-bond donors (Lipinski definition) is 0. The van der Waals surface area contributed by atoms with E-state index in [0.717, 1.165) is 44.9 Å². The van der Waals surface area contributed by atoms with E-state index in [4.69, 9.17) is 4.43 Å². The maximum Gasteiger partial charge on any atom is 0.299 e. The Labute approximate surface area is 253 Å². The Morgan fingerprint density at radius 2 is 1.14 bits per heavy atom. The molecule has 0 N–H and O–H groups in total. The Hall–Kier alpha value is -1.23. The van der Waals surface area contributed by atoms with Gasteiger partial charge in [0, 0.05) is 6.08 Å². The predicted molar refractivity (Wildman–Crippen MR) is 169 cm³/mol. The largest absolute Gasteiger partial charge is 0.541 e. The molecule has 0 heterocycles. The van der Waals surface area contributed by atoms with Gasteiger partial charge >= 0.3 is 0 Å². The summed E-state index contributed by atoms with van der Waals surface area (Å²) in [7, 11) is -4.26. The lowest BCUT2D eigenvalue weighted by atomic mass is 10.0. The fraction of sp³-hybridized carbons (Fsp3) is 0.758. The average Bonchev–Trinajstić information content (AvgIpc) is 3.17. The first kappa shape index (κ1) is 37.0. The Balaban J connectivity index is 2.29. The van der Waals surface area contributed by atoms with Crippen LogP contribution in [0.2, 0.25) is 41.8 Å². The molecule has 242 valence electrons. The molecule has 1 aliphatic carbocycles. The highest BCUT2D eigenvalue weighted by Crippen LogP contribution is 2.52. The molecule has 9 heteroatoms. The van der Waals surface area contributed by atoms with Gasteiger partial charge in [-0.05, 0) is 17.6 Å². The molecule has 0 fully saturated rings. The van der Waals surface area contributed by atoms with Crippen molar-refractivity contribution < 1.29 is 30.8 Å². The lowest BCUT2D eigenvalue weighted by Crippen LogP contribution is -2.45. The molecule has 1 aromatic rings. The summed E-state index contributed by atoms with van der Waals surface area (Å²) in [5.74, 6) is -12.3. The van der Waals surface area contributed by atoms with Gasteiger partial charge in [0.2, 0.25) is 5.82 Å². The highest BCUT2D eigenvalue weighted by atomic mass is 28.4. The standard InChI is InChI=1S/C33H54F6OSi2/c1-7-11-12-16-22-42(25(5)6,23-17-14-13-15-21-41(18-8-2,19-9-3)20-10-4)40-32-28-27(26(34)24-33(28,38)39)29(35)30(36)31(32)37/h24-25H,7-23H2,1-6H3. The van der Waals surface area contributed by atoms with Crippen molar-refractivity contribution in [2.45, 2.75) is 160 Å². The van der Waals surface area contributed by atoms with E-state index in [1.54, 1.807) is 0 Å². The third-order valence-electron chi connectivity index (χ3n) is 9.37. The number of unbranched alkanes of at least 4 members (excludes halogenated alkanes) is 6. The topological polar surface area (TPSA) is 9.23 Å². The summed E-state index contributed by atoms with van der Waals surface area (Å²) in [5.41, 5.74) is -2.52. The van der Waals surface area contributed by atoms with Crippen molar-refractivity contribution >= 4 is 22.2 Å². The highest BCUT2D eigenvalue weighted by molar-refractivity contribution is 6.79. The third kappa shape index (κ3) is 8.92. The van der Waals surface area contributed by atoms with Crippen LogP contribution in [0.15, 0.2) is 6.08 Å². The van der Waals surface area contributed by atoms with Crippen LogP contribution >= 0.6 is 0 Å². The molecule has 1 unspecified atom stereocenters. The zero-order valence-electron chi connectivity index (χ0n) is 26.9. The van der Waals surface area contributed by atoms with Gasteiger partial charge in [0.1, 0.15) is 5.83 Å². The van der Waals surface area contributed by atoms with Crippen molar-refractivity contribution in [2.24, 2.45) is 0 Å². The van der Waals surface area contributed by atoms with Crippen LogP contribution in [0.5, 0.6) is 5.75 Å². The monoisotopic (exact) mass is 636 g/mol. The predicted octanol–water partition coefficient (Wildman–Crippen LogP) is 13.1. The van der Waals surface area contributed by atoms with Gasteiger partial charge < -0.3 is 4.43 Å². The highest BCUT2D eigenvalue weighted by Gasteiger charge is 2.49. The SMILES string of the molecule is CCCCCC[Si](CCCCCC[Si](CCC)(CCC)CCC)(Oc1c(F)c(F)c(F)c2c1C(F)(F)C=C2F)C(C)C. The summed E-state index contributed by atoms with van der Waals surface area (Å²) in [5, 5.41) is 0. The molecule has 42 heavy (non-hydrogen) atoms. The molecule has 0 aliphatic heterocycles. The second-order valence-corrected chi connectivity index (χ2v) is 22.4. The molecular formula is C33H54F6OSi2. The van der Waals surface area contributed by atoms with Crippen LogP contribution in [-0.4, -0.2) is 16.4 Å². The van der Waals surface area contributed by atoms with Gasteiger partial charge in [-0.25, -0.2) is 13.2 Å². The molecule has 0 bridgehead atoms. The minimum absolute atomic E-state index is 0.0781. The summed E-state index contributed by atoms with van der Waals surface area (Å²) in [6, 6.07) is 6.68. The van der Waals surface area contributed by atoms with Crippen molar-refractivity contribution in [1.82, 2.24) is 0 Å². The van der Waals surface area contributed by atoms with E-state index < -0.39 is 62.5 Å². The van der Waals surface area contributed by atoms with Crippen molar-refractivity contribution in [3.05, 3.63) is 34.7 Å². The first-order valence-corrected chi connectivity index (χ1v) is 21.7. The summed E-state index contributed by atoms with van der Waals surface area (Å²) < 4.78 is 94.8. The Bertz CT molecular complexity index is 1010. The lowest BCUT2D eigenvalue weighted by Gasteiger charge is -2.37. The van der Waals surface area contributed by atoms with Crippen LogP contribution in [0.25, 0.3) is 5.83 Å². The number of allylic oxidation sites excluding steroid dienone is 1. The van der Waals surface area contributed by atoms with E-state index in [2.05, 4.69) is 27.7 Å². The van der Waals surface area contributed by atoms with Crippen molar-refractivity contribution in [3.8, 4) is 5.75 Å². The van der Waals surface area contributed by atoms with Gasteiger partial charge in [-0.15, -0.1) is 0 Å². The number of hydrogen-bond acceptors (Lipinski definition) is 1. The molecule has 0 spiro atoms. The van der Waals surface area contributed by atoms with E-state index in [1.807, 2.05) is 13.8 Å². The van der Waals surface area contributed by atoms with E-state index in [-0.39, 0.29) is 11.6 Å². The normalized spacial score (nSPS) is 16.1. The molecule has 2 rings (SSSR count). The fourth-order valence-electron chi connectivity index (χ4n) is 7.18. The molecule has 1 aliphatic rings. The van der Waals surface area contributed by atoms with Gasteiger partial charge in [-0.1, -0.05) is 136 Å². The minimum Gasteiger partial charge on any atom is -0.541 e. The smallest absolute Gasteiger partial charge is 0.299 e. The van der Waals surface area contributed by atoms with Crippen molar-refractivity contribution in [2.75, 3.05) is 0 Å². The number of fused-ring (bicyclic) bond motifs is 1. The molecule has 1 nitrogen and oxygen atoms in total. The van der Waals surface area contributed by atoms with E-state index in [0.29, 0.717) is 12.1 Å². The molecule has 0 amide bonds. The van der Waals surface area contributed by atoms with Gasteiger partial charge in [0.25, 0.3) is 14.2 Å². The quantitative estimate of drug-likeness (QED) is 0.0565. The lowest BCUT2D eigenvalue weighted by molar-refractivity contribution is 0.0525. The first-order chi connectivity index (χ1) is 19.8. The van der Waals surface area contributed by atoms with Crippen LogP contribution < -0.4 is 4.43 Å². The van der Waals surface area contributed by atoms with E-state index >= 15 is 4.39 Å². The van der Waals surface area contributed by atoms with Crippen LogP contribution in [0, 0.1) is 17.5 Å². The maximum absolute atomic E-state index is 15.2. The van der Waals surface area contributed by atoms with Crippen LogP contribution in [0.1, 0.15) is 123 Å². The molecule has 0 saturated carbocycles. The van der Waals surface area contributed by atoms with Gasteiger partial charge in [0.15, 0.2) is 17.4 Å². The zero-order valence-corrected chi connectivity index (χ0v) is 28.9. The molecular weight excluding hydrogens is 583 g/mol. The number of alkyl halides is 2. The fourth-order valence-corrected chi connectivity index (χ4v) is 17.0. The molecule has 0 saturated heterocycles. The second-order valence-electron chi connectivity index (χ2n) is 12.9. The zero-order chi connectivity index (χ0) is 31.6. The number of rotatable bonds is 21. The first-order valence-electron chi connectivity index (χ1n) is 16.5. The van der Waals surface area contributed by atoms with E-state index in [9.17, 15) is 22.0 Å². The van der Waals surface area contributed by atoms with E-state index in [1.165, 1.54) is 49.9 Å². The van der Waals surface area contributed by atoms with Crippen LogP contribution in [-0.2, 0) is 5.92 Å². The summed E-state index contributed by atoms with van der Waals surface area (Å²) >= 11 is 0. The Morgan fingerprint density at radius 3 is 1.62 bits per heavy atom. The van der Waals surface area contributed by atoms with Gasteiger partial charge in [0.05, 0.1) is 19.2 Å². The summed E-state index contributed by atoms with van der Waals surface area (Å²) in [4.78, 5) is 0. The van der Waals surface area contributed by atoms with Crippen molar-refractivity contribution in [1.29, 1.82) is 0 Å². The van der Waals surface area contributed by atoms with Gasteiger partial charge in [-0.2, -0.15) is 13.2 Å². The minimum atomic E-state index is -3.99. The third-order valence-corrected chi connectivity index (χ3v) is 20.6. The summed E-state index contributed by atoms with van der Waals surface area (Å²) in [6.07, 6.45) is 11.4. The van der Waals surface area contributed by atoms with Crippen LogP contribution in [0.4, 0.5) is 26.3 Å². The summed E-state index contributed by atoms with van der Waals surface area (Å²) in [6.45, 7) is 12.8. The average molecular weight is 637 g/mol.